The van der Waals surface area contributed by atoms with Gasteiger partial charge in [0.15, 0.2) is 0 Å². The molecule has 1 aromatic carbocycles. The Morgan fingerprint density at radius 3 is 2.44 bits per heavy atom. The Balaban J connectivity index is 2.86. The lowest BCUT2D eigenvalue weighted by Gasteiger charge is -2.18. The summed E-state index contributed by atoms with van der Waals surface area (Å²) in [7, 11) is 0. The van der Waals surface area contributed by atoms with E-state index in [1.165, 1.54) is 12.1 Å². The molecule has 0 bridgehead atoms. The zero-order valence-corrected chi connectivity index (χ0v) is 10.3. The number of hydrogen-bond acceptors (Lipinski definition) is 3. The topological polar surface area (TPSA) is 58.3 Å². The van der Waals surface area contributed by atoms with Gasteiger partial charge in [-0.25, -0.2) is 0 Å². The van der Waals surface area contributed by atoms with Crippen molar-refractivity contribution < 1.29 is 18.3 Å². The van der Waals surface area contributed by atoms with Crippen LogP contribution in [0.3, 0.4) is 0 Å². The van der Waals surface area contributed by atoms with Gasteiger partial charge in [-0.3, -0.25) is 0 Å². The molecule has 0 saturated carbocycles. The van der Waals surface area contributed by atoms with Crippen LogP contribution in [-0.2, 0) is 6.18 Å². The number of aliphatic hydroxyl groups is 1. The van der Waals surface area contributed by atoms with E-state index in [0.29, 0.717) is 12.1 Å². The molecule has 1 aromatic rings. The number of hydrogen-bond donors (Lipinski definition) is 3. The number of benzene rings is 1. The lowest BCUT2D eigenvalue weighted by atomic mass is 10.1. The van der Waals surface area contributed by atoms with Crippen molar-refractivity contribution in [2.24, 2.45) is 0 Å². The first-order valence-electron chi connectivity index (χ1n) is 5.61. The Morgan fingerprint density at radius 1 is 1.33 bits per heavy atom. The van der Waals surface area contributed by atoms with Crippen molar-refractivity contribution >= 4 is 11.4 Å². The first kappa shape index (κ1) is 14.6. The highest BCUT2D eigenvalue weighted by Crippen LogP contribution is 2.35. The molecule has 1 rings (SSSR count). The maximum atomic E-state index is 12.6. The quantitative estimate of drug-likeness (QED) is 0.731. The lowest BCUT2D eigenvalue weighted by Crippen LogP contribution is -2.21. The van der Waals surface area contributed by atoms with Crippen LogP contribution >= 0.6 is 0 Å². The van der Waals surface area contributed by atoms with E-state index in [4.69, 9.17) is 5.73 Å². The van der Waals surface area contributed by atoms with Crippen molar-refractivity contribution in [3.8, 4) is 0 Å². The minimum atomic E-state index is -4.46. The number of halogens is 3. The largest absolute Gasteiger partial charge is 0.418 e. The summed E-state index contributed by atoms with van der Waals surface area (Å²) in [6.45, 7) is 3.42. The Kier molecular flexibility index (Phi) is 4.45. The Bertz CT molecular complexity index is 405. The fraction of sp³-hybridized carbons (Fsp3) is 0.500. The molecule has 0 aliphatic carbocycles. The Hall–Kier alpha value is -1.43. The molecule has 0 radical (unpaired) electrons. The molecule has 3 nitrogen and oxygen atoms in total. The third-order valence-electron chi connectivity index (χ3n) is 2.47. The number of nitrogens with one attached hydrogen (secondary N) is 1. The van der Waals surface area contributed by atoms with Gasteiger partial charge in [0, 0.05) is 17.4 Å². The van der Waals surface area contributed by atoms with E-state index in [2.05, 4.69) is 5.32 Å². The van der Waals surface area contributed by atoms with Gasteiger partial charge in [0.05, 0.1) is 11.7 Å². The second-order valence-corrected chi connectivity index (χ2v) is 4.43. The van der Waals surface area contributed by atoms with Gasteiger partial charge in [0.1, 0.15) is 0 Å². The predicted octanol–water partition coefficient (Wildman–Crippen LogP) is 2.86. The highest BCUT2D eigenvalue weighted by atomic mass is 19.4. The van der Waals surface area contributed by atoms with Gasteiger partial charge in [-0.15, -0.1) is 0 Å². The van der Waals surface area contributed by atoms with Gasteiger partial charge in [-0.1, -0.05) is 0 Å². The van der Waals surface area contributed by atoms with Crippen LogP contribution in [0.15, 0.2) is 18.2 Å². The van der Waals surface area contributed by atoms with Crippen LogP contribution in [0.4, 0.5) is 24.5 Å². The molecular formula is C12H17F3N2O. The van der Waals surface area contributed by atoms with Crippen LogP contribution in [-0.4, -0.2) is 17.3 Å². The third kappa shape index (κ3) is 4.10. The molecule has 0 spiro atoms. The summed E-state index contributed by atoms with van der Waals surface area (Å²) >= 11 is 0. The number of nitrogens with two attached hydrogens (primary N) is 1. The van der Waals surface area contributed by atoms with Crippen molar-refractivity contribution in [2.75, 3.05) is 11.1 Å². The molecule has 2 atom stereocenters. The van der Waals surface area contributed by atoms with Gasteiger partial charge in [-0.2, -0.15) is 13.2 Å². The summed E-state index contributed by atoms with van der Waals surface area (Å²) in [5.74, 6) is 0. The van der Waals surface area contributed by atoms with Gasteiger partial charge < -0.3 is 16.2 Å². The van der Waals surface area contributed by atoms with Crippen molar-refractivity contribution in [3.63, 3.8) is 0 Å². The number of anilines is 2. The maximum Gasteiger partial charge on any atom is 0.418 e. The van der Waals surface area contributed by atoms with Crippen LogP contribution < -0.4 is 11.1 Å². The summed E-state index contributed by atoms with van der Waals surface area (Å²) in [6, 6.07) is 3.56. The number of rotatable bonds is 4. The maximum absolute atomic E-state index is 12.6. The van der Waals surface area contributed by atoms with E-state index in [1.807, 2.05) is 0 Å². The molecule has 0 saturated heterocycles. The van der Waals surface area contributed by atoms with Crippen LogP contribution in [0, 0.1) is 0 Å². The molecule has 2 unspecified atom stereocenters. The summed E-state index contributed by atoms with van der Waals surface area (Å²) in [5, 5.41) is 12.1. The summed E-state index contributed by atoms with van der Waals surface area (Å²) < 4.78 is 37.9. The monoisotopic (exact) mass is 262 g/mol. The van der Waals surface area contributed by atoms with Gasteiger partial charge in [0.25, 0.3) is 0 Å². The Morgan fingerprint density at radius 2 is 1.94 bits per heavy atom. The first-order valence-corrected chi connectivity index (χ1v) is 5.61. The summed E-state index contributed by atoms with van der Waals surface area (Å²) in [6.07, 6.45) is -4.52. The van der Waals surface area contributed by atoms with Crippen LogP contribution in [0.5, 0.6) is 0 Å². The molecule has 0 fully saturated rings. The zero-order chi connectivity index (χ0) is 13.9. The highest BCUT2D eigenvalue weighted by Gasteiger charge is 2.33. The number of alkyl halides is 3. The van der Waals surface area contributed by atoms with Crippen LogP contribution in [0.2, 0.25) is 0 Å². The second-order valence-electron chi connectivity index (χ2n) is 4.43. The zero-order valence-electron chi connectivity index (χ0n) is 10.3. The van der Waals surface area contributed by atoms with Crippen LogP contribution in [0.1, 0.15) is 25.8 Å². The molecule has 6 heteroatoms. The second kappa shape index (κ2) is 5.48. The summed E-state index contributed by atoms with van der Waals surface area (Å²) in [5.41, 5.74) is 4.49. The molecule has 102 valence electrons. The van der Waals surface area contributed by atoms with Crippen molar-refractivity contribution in [2.45, 2.75) is 38.6 Å². The van der Waals surface area contributed by atoms with Crippen molar-refractivity contribution in [1.82, 2.24) is 0 Å². The first-order chi connectivity index (χ1) is 8.20. The minimum absolute atomic E-state index is 0.130. The van der Waals surface area contributed by atoms with E-state index in [1.54, 1.807) is 13.8 Å². The molecule has 4 N–H and O–H groups in total. The smallest absolute Gasteiger partial charge is 0.398 e. The molecule has 0 amide bonds. The molecular weight excluding hydrogens is 245 g/mol. The molecule has 0 aliphatic heterocycles. The molecule has 0 heterocycles. The molecule has 18 heavy (non-hydrogen) atoms. The average molecular weight is 262 g/mol. The molecule has 0 aliphatic rings. The van der Waals surface area contributed by atoms with E-state index in [0.717, 1.165) is 6.07 Å². The van der Waals surface area contributed by atoms with Gasteiger partial charge in [0.2, 0.25) is 0 Å². The fourth-order valence-corrected chi connectivity index (χ4v) is 1.75. The normalized spacial score (nSPS) is 15.2. The van der Waals surface area contributed by atoms with Gasteiger partial charge >= 0.3 is 6.18 Å². The minimum Gasteiger partial charge on any atom is -0.398 e. The van der Waals surface area contributed by atoms with E-state index < -0.39 is 17.8 Å². The van der Waals surface area contributed by atoms with E-state index in [-0.39, 0.29) is 11.7 Å². The third-order valence-corrected chi connectivity index (χ3v) is 2.47. The van der Waals surface area contributed by atoms with Crippen molar-refractivity contribution in [3.05, 3.63) is 23.8 Å². The van der Waals surface area contributed by atoms with Gasteiger partial charge in [-0.05, 0) is 38.5 Å². The van der Waals surface area contributed by atoms with E-state index >= 15 is 0 Å². The number of aliphatic hydroxyl groups excluding tert-OH is 1. The lowest BCUT2D eigenvalue weighted by molar-refractivity contribution is -0.136. The van der Waals surface area contributed by atoms with E-state index in [9.17, 15) is 18.3 Å². The number of nitrogen functional groups attached to an aromatic ring is 1. The predicted molar refractivity (Wildman–Crippen MR) is 65.2 cm³/mol. The summed E-state index contributed by atoms with van der Waals surface area (Å²) in [4.78, 5) is 0. The fourth-order valence-electron chi connectivity index (χ4n) is 1.75. The average Bonchev–Trinajstić information content (AvgIpc) is 2.17. The van der Waals surface area contributed by atoms with Crippen molar-refractivity contribution in [1.29, 1.82) is 0 Å². The highest BCUT2D eigenvalue weighted by molar-refractivity contribution is 5.58. The molecule has 0 aromatic heterocycles. The SMILES string of the molecule is CC(O)CC(C)Nc1ccc(N)c(C(F)(F)F)c1. The Labute approximate surface area is 104 Å². The standard InChI is InChI=1S/C12H17F3N2O/c1-7(5-8(2)18)17-9-3-4-11(16)10(6-9)12(13,14)15/h3-4,6-8,17-18H,5,16H2,1-2H3. The van der Waals surface area contributed by atoms with Crippen LogP contribution in [0.25, 0.3) is 0 Å².